The molecule has 0 radical (unpaired) electrons. The summed E-state index contributed by atoms with van der Waals surface area (Å²) in [6.07, 6.45) is 0. The predicted octanol–water partition coefficient (Wildman–Crippen LogP) is 18.2. The molecule has 1 aromatic heterocycles. The highest BCUT2D eigenvalue weighted by molar-refractivity contribution is 7.22. The van der Waals surface area contributed by atoms with E-state index in [9.17, 15) is 0 Å². The molecule has 0 aliphatic rings. The van der Waals surface area contributed by atoms with Crippen LogP contribution in [0, 0.1) is 0 Å². The molecule has 0 saturated heterocycles. The van der Waals surface area contributed by atoms with Crippen molar-refractivity contribution in [3.63, 3.8) is 0 Å². The largest absolute Gasteiger partial charge is 0.228 e. The molecule has 16 aromatic rings. The van der Waals surface area contributed by atoms with Crippen LogP contribution in [0.5, 0.6) is 0 Å². The van der Waals surface area contributed by atoms with E-state index in [1.165, 1.54) is 74.9 Å². The highest BCUT2D eigenvalue weighted by Gasteiger charge is 2.46. The van der Waals surface area contributed by atoms with Gasteiger partial charge in [-0.25, -0.2) is 9.97 Å². The average Bonchev–Trinajstić information content (AvgIpc) is 0.712. The molecule has 2 nitrogen and oxygen atoms in total. The Morgan fingerprint density at radius 3 is 0.541 bits per heavy atom. The van der Waals surface area contributed by atoms with Crippen LogP contribution in [-0.4, -0.2) is 26.1 Å². The zero-order valence-corrected chi connectivity index (χ0v) is 56.2. The number of hydrogen-bond acceptors (Lipinski definition) is 2. The molecule has 0 N–H and O–H groups in total. The van der Waals surface area contributed by atoms with Crippen LogP contribution >= 0.6 is 0 Å². The van der Waals surface area contributed by atoms with E-state index < -0.39 is 16.1 Å². The van der Waals surface area contributed by atoms with Gasteiger partial charge in [-0.1, -0.05) is 406 Å². The third kappa shape index (κ3) is 11.9. The molecule has 15 aromatic carbocycles. The van der Waals surface area contributed by atoms with E-state index in [2.05, 4.69) is 413 Å². The Morgan fingerprint density at radius 2 is 0.316 bits per heavy atom. The molecule has 16 rings (SSSR count). The van der Waals surface area contributed by atoms with Crippen molar-refractivity contribution in [3.8, 4) is 101 Å². The minimum Gasteiger partial charge on any atom is -0.228 e. The molecule has 1 heterocycles. The van der Waals surface area contributed by atoms with Gasteiger partial charge in [-0.05, 0) is 114 Å². The SMILES string of the molecule is c1ccc(-c2ccc([Si](c3ccc(-c4ccccc4)cc3)(c3ccc(-c4ccccc4)cc3)c3cc(-c4cc(-c5ccccc5)nc(-c5ccccc5)n4)cc([Si](c4ccc(-c5ccccc5)cc4)(c4ccc(-c5ccccc5)cc4)c4ccc(-c5ccccc5)cc4)c3)cc2)cc1. The first kappa shape index (κ1) is 60.7. The van der Waals surface area contributed by atoms with E-state index in [1.807, 2.05) is 0 Å². The topological polar surface area (TPSA) is 25.8 Å². The van der Waals surface area contributed by atoms with E-state index in [1.54, 1.807) is 0 Å². The zero-order chi connectivity index (χ0) is 65.5. The fourth-order valence-electron chi connectivity index (χ4n) is 14.5. The molecule has 0 fully saturated rings. The number of nitrogens with zero attached hydrogens (tertiary/aromatic N) is 2. The van der Waals surface area contributed by atoms with Crippen LogP contribution in [0.15, 0.2) is 413 Å². The highest BCUT2D eigenvalue weighted by Crippen LogP contribution is 2.32. The van der Waals surface area contributed by atoms with Crippen molar-refractivity contribution in [2.24, 2.45) is 0 Å². The second kappa shape index (κ2) is 27.3. The third-order valence-corrected chi connectivity index (χ3v) is 29.0. The summed E-state index contributed by atoms with van der Waals surface area (Å²) in [5, 5.41) is 10.0. The number of rotatable bonds is 17. The lowest BCUT2D eigenvalue weighted by Gasteiger charge is -2.39. The van der Waals surface area contributed by atoms with Crippen LogP contribution in [0.1, 0.15) is 0 Å². The van der Waals surface area contributed by atoms with Gasteiger partial charge in [-0.2, -0.15) is 0 Å². The highest BCUT2D eigenvalue weighted by atomic mass is 28.3. The summed E-state index contributed by atoms with van der Waals surface area (Å²) in [5.41, 5.74) is 18.7. The number of aromatic nitrogens is 2. The molecule has 0 aliphatic carbocycles. The Balaban J connectivity index is 1.06. The van der Waals surface area contributed by atoms with Gasteiger partial charge in [0.1, 0.15) is 0 Å². The quantitative estimate of drug-likeness (QED) is 0.0671. The Kier molecular flexibility index (Phi) is 16.9. The Labute approximate surface area is 576 Å². The fourth-order valence-corrected chi connectivity index (χ4v) is 24.2. The van der Waals surface area contributed by atoms with Crippen molar-refractivity contribution < 1.29 is 0 Å². The van der Waals surface area contributed by atoms with Gasteiger partial charge in [0, 0.05) is 16.7 Å². The van der Waals surface area contributed by atoms with E-state index >= 15 is 0 Å². The molecule has 0 saturated carbocycles. The minimum atomic E-state index is -3.58. The summed E-state index contributed by atoms with van der Waals surface area (Å²) in [6, 6.07) is 153. The second-order valence-electron chi connectivity index (χ2n) is 25.2. The first-order valence-corrected chi connectivity index (χ1v) is 37.7. The van der Waals surface area contributed by atoms with Crippen LogP contribution in [-0.2, 0) is 0 Å². The van der Waals surface area contributed by atoms with Crippen LogP contribution in [0.3, 0.4) is 0 Å². The lowest BCUT2D eigenvalue weighted by atomic mass is 10.1. The van der Waals surface area contributed by atoms with Crippen LogP contribution in [0.4, 0.5) is 0 Å². The molecular weight excluding hydrogens is 1210 g/mol. The third-order valence-electron chi connectivity index (χ3n) is 19.5. The van der Waals surface area contributed by atoms with Gasteiger partial charge in [-0.3, -0.25) is 0 Å². The van der Waals surface area contributed by atoms with Crippen LogP contribution < -0.4 is 41.5 Å². The van der Waals surface area contributed by atoms with Crippen LogP contribution in [0.2, 0.25) is 0 Å². The van der Waals surface area contributed by atoms with Crippen molar-refractivity contribution in [3.05, 3.63) is 413 Å². The van der Waals surface area contributed by atoms with Crippen molar-refractivity contribution in [1.82, 2.24) is 9.97 Å². The monoisotopic (exact) mass is 1280 g/mol. The zero-order valence-electron chi connectivity index (χ0n) is 54.2. The van der Waals surface area contributed by atoms with E-state index in [0.717, 1.165) is 61.5 Å². The Bertz CT molecular complexity index is 4580. The maximum absolute atomic E-state index is 5.77. The smallest absolute Gasteiger partial charge is 0.179 e. The lowest BCUT2D eigenvalue weighted by molar-refractivity contribution is 1.18. The van der Waals surface area contributed by atoms with Gasteiger partial charge in [0.25, 0.3) is 0 Å². The molecule has 98 heavy (non-hydrogen) atoms. The molecule has 0 aliphatic heterocycles. The van der Waals surface area contributed by atoms with E-state index in [-0.39, 0.29) is 0 Å². The average molecular weight is 1280 g/mol. The van der Waals surface area contributed by atoms with Gasteiger partial charge >= 0.3 is 0 Å². The van der Waals surface area contributed by atoms with Crippen molar-refractivity contribution >= 4 is 57.6 Å². The Morgan fingerprint density at radius 1 is 0.133 bits per heavy atom. The Hall–Kier alpha value is -12.2. The molecule has 0 spiro atoms. The van der Waals surface area contributed by atoms with Gasteiger partial charge in [0.2, 0.25) is 0 Å². The van der Waals surface area contributed by atoms with Crippen molar-refractivity contribution in [2.75, 3.05) is 0 Å². The van der Waals surface area contributed by atoms with Gasteiger partial charge < -0.3 is 0 Å². The standard InChI is InChI=1S/C94H68N2Si2/c1-9-25-69(26-10-1)75-41-53-84(54-42-75)97(85-55-43-76(44-56-85)70-27-11-2-12-28-70,86-57-45-77(46-58-86)71-29-13-3-14-30-71)90-65-83(93-68-92(81-37-21-7-22-38-81)95-94(96-93)82-39-23-8-24-40-82)66-91(67-90)98(87-59-47-78(48-60-87)72-31-15-4-16-32-72,88-61-49-79(50-62-88)73-33-17-5-18-34-73)89-63-51-80(52-64-89)74-35-19-6-20-36-74/h1-68H. The van der Waals surface area contributed by atoms with Gasteiger partial charge in [0.15, 0.2) is 22.0 Å². The molecule has 0 atom stereocenters. The van der Waals surface area contributed by atoms with Gasteiger partial charge in [-0.15, -0.1) is 0 Å². The first-order valence-electron chi connectivity index (χ1n) is 33.7. The molecule has 0 amide bonds. The minimum absolute atomic E-state index is 0.662. The molecule has 462 valence electrons. The van der Waals surface area contributed by atoms with Crippen molar-refractivity contribution in [1.29, 1.82) is 0 Å². The van der Waals surface area contributed by atoms with E-state index in [4.69, 9.17) is 9.97 Å². The first-order chi connectivity index (χ1) is 48.5. The summed E-state index contributed by atoms with van der Waals surface area (Å²) in [5.74, 6) is 0.662. The number of hydrogen-bond donors (Lipinski definition) is 0. The number of benzene rings is 15. The fraction of sp³-hybridized carbons (Fsp3) is 0. The maximum atomic E-state index is 5.77. The van der Waals surface area contributed by atoms with E-state index in [0.29, 0.717) is 5.82 Å². The maximum Gasteiger partial charge on any atom is 0.179 e. The van der Waals surface area contributed by atoms with Crippen LogP contribution in [0.25, 0.3) is 101 Å². The van der Waals surface area contributed by atoms with Crippen molar-refractivity contribution in [2.45, 2.75) is 0 Å². The lowest BCUT2D eigenvalue weighted by Crippen LogP contribution is -2.78. The normalized spacial score (nSPS) is 11.5. The van der Waals surface area contributed by atoms with Gasteiger partial charge in [0.05, 0.1) is 11.4 Å². The molecule has 0 unspecified atom stereocenters. The predicted molar refractivity (Wildman–Crippen MR) is 418 cm³/mol. The molecular formula is C94H68N2Si2. The summed E-state index contributed by atoms with van der Waals surface area (Å²) in [7, 11) is -7.17. The molecule has 0 bridgehead atoms. The summed E-state index contributed by atoms with van der Waals surface area (Å²) < 4.78 is 0. The second-order valence-corrected chi connectivity index (χ2v) is 32.8. The summed E-state index contributed by atoms with van der Waals surface area (Å²) in [6.45, 7) is 0. The summed E-state index contributed by atoms with van der Waals surface area (Å²) in [4.78, 5) is 11.2. The molecule has 4 heteroatoms. The summed E-state index contributed by atoms with van der Waals surface area (Å²) >= 11 is 0.